The Bertz CT molecular complexity index is 333. The lowest BCUT2D eigenvalue weighted by molar-refractivity contribution is -0.138. The van der Waals surface area contributed by atoms with Crippen molar-refractivity contribution in [1.82, 2.24) is 0 Å². The van der Waals surface area contributed by atoms with Crippen LogP contribution in [-0.2, 0) is 6.18 Å². The minimum absolute atomic E-state index is 0.126. The Hall–Kier alpha value is 0.0300. The fourth-order valence-corrected chi connectivity index (χ4v) is 2.10. The number of benzene rings is 1. The van der Waals surface area contributed by atoms with Crippen LogP contribution in [0.2, 0.25) is 5.02 Å². The molecule has 0 aliphatic carbocycles. The summed E-state index contributed by atoms with van der Waals surface area (Å²) >= 11 is 7.18. The summed E-state index contributed by atoms with van der Waals surface area (Å²) in [5.41, 5.74) is -0.302. The van der Waals surface area contributed by atoms with Crippen LogP contribution in [0.5, 0.6) is 0 Å². The number of aryl methyl sites for hydroxylation is 1. The first-order valence-electron chi connectivity index (χ1n) is 3.36. The summed E-state index contributed by atoms with van der Waals surface area (Å²) < 4.78 is 37.3. The van der Waals surface area contributed by atoms with E-state index >= 15 is 0 Å². The van der Waals surface area contributed by atoms with Gasteiger partial charge in [-0.15, -0.1) is 0 Å². The van der Waals surface area contributed by atoms with Crippen molar-refractivity contribution in [3.8, 4) is 0 Å². The number of hydrogen-bond donors (Lipinski definition) is 0. The summed E-state index contributed by atoms with van der Waals surface area (Å²) in [6.45, 7) is 1.55. The van der Waals surface area contributed by atoms with Gasteiger partial charge in [0, 0.05) is 3.57 Å². The van der Waals surface area contributed by atoms with Gasteiger partial charge in [0.25, 0.3) is 0 Å². The predicted octanol–water partition coefficient (Wildman–Crippen LogP) is 4.27. The molecule has 0 unspecified atom stereocenters. The molecule has 0 atom stereocenters. The lowest BCUT2D eigenvalue weighted by Crippen LogP contribution is -2.09. The molecule has 0 spiro atoms. The van der Waals surface area contributed by atoms with E-state index in [0.29, 0.717) is 5.56 Å². The third-order valence-corrected chi connectivity index (χ3v) is 2.95. The Kier molecular flexibility index (Phi) is 3.12. The van der Waals surface area contributed by atoms with Crippen molar-refractivity contribution in [2.24, 2.45) is 0 Å². The molecule has 0 nitrogen and oxygen atoms in total. The van der Waals surface area contributed by atoms with Crippen molar-refractivity contribution < 1.29 is 13.2 Å². The molecule has 72 valence electrons. The maximum absolute atomic E-state index is 12.4. The third-order valence-electron chi connectivity index (χ3n) is 1.57. The van der Waals surface area contributed by atoms with E-state index < -0.39 is 11.7 Å². The molecular weight excluding hydrogens is 315 g/mol. The highest BCUT2D eigenvalue weighted by Crippen LogP contribution is 2.39. The quantitative estimate of drug-likeness (QED) is 0.626. The molecule has 0 fully saturated rings. The number of halogens is 5. The Morgan fingerprint density at radius 2 is 1.85 bits per heavy atom. The molecule has 0 radical (unpaired) electrons. The molecule has 0 aliphatic rings. The fraction of sp³-hybridized carbons (Fsp3) is 0.250. The molecule has 0 bridgehead atoms. The lowest BCUT2D eigenvalue weighted by atomic mass is 10.1. The molecule has 0 heterocycles. The maximum atomic E-state index is 12.4. The van der Waals surface area contributed by atoms with Gasteiger partial charge in [-0.3, -0.25) is 0 Å². The zero-order chi connectivity index (χ0) is 10.2. The second kappa shape index (κ2) is 3.65. The van der Waals surface area contributed by atoms with Crippen molar-refractivity contribution in [2.75, 3.05) is 0 Å². The monoisotopic (exact) mass is 320 g/mol. The fourth-order valence-electron chi connectivity index (χ4n) is 0.917. The van der Waals surface area contributed by atoms with Gasteiger partial charge in [0.15, 0.2) is 0 Å². The van der Waals surface area contributed by atoms with E-state index in [1.807, 2.05) is 0 Å². The second-order valence-electron chi connectivity index (χ2n) is 2.55. The maximum Gasteiger partial charge on any atom is 0.418 e. The lowest BCUT2D eigenvalue weighted by Gasteiger charge is -2.12. The van der Waals surface area contributed by atoms with Crippen LogP contribution in [0.3, 0.4) is 0 Å². The van der Waals surface area contributed by atoms with E-state index in [1.165, 1.54) is 6.07 Å². The van der Waals surface area contributed by atoms with Gasteiger partial charge in [-0.1, -0.05) is 17.7 Å². The highest BCUT2D eigenvalue weighted by Gasteiger charge is 2.35. The van der Waals surface area contributed by atoms with E-state index in [1.54, 1.807) is 35.6 Å². The first kappa shape index (κ1) is 11.1. The summed E-state index contributed by atoms with van der Waals surface area (Å²) in [7, 11) is 0. The van der Waals surface area contributed by atoms with Gasteiger partial charge in [-0.05, 0) is 41.1 Å². The Balaban J connectivity index is 3.43. The standard InChI is InChI=1S/C8H5ClF3I/c1-4-2-3-5(13)6(7(4)9)8(10,11)12/h2-3H,1H3. The molecule has 5 heteroatoms. The van der Waals surface area contributed by atoms with Crippen molar-refractivity contribution in [1.29, 1.82) is 0 Å². The Morgan fingerprint density at radius 1 is 1.31 bits per heavy atom. The second-order valence-corrected chi connectivity index (χ2v) is 4.09. The van der Waals surface area contributed by atoms with E-state index in [4.69, 9.17) is 11.6 Å². The zero-order valence-corrected chi connectivity index (χ0v) is 9.46. The predicted molar refractivity (Wildman–Crippen MR) is 53.9 cm³/mol. The minimum Gasteiger partial charge on any atom is -0.166 e. The molecule has 0 aromatic heterocycles. The topological polar surface area (TPSA) is 0 Å². The third kappa shape index (κ3) is 2.28. The van der Waals surface area contributed by atoms with Gasteiger partial charge < -0.3 is 0 Å². The molecule has 1 aromatic rings. The molecule has 13 heavy (non-hydrogen) atoms. The highest BCUT2D eigenvalue weighted by atomic mass is 127. The summed E-state index contributed by atoms with van der Waals surface area (Å²) in [5, 5.41) is -0.209. The molecule has 0 saturated carbocycles. The molecule has 0 N–H and O–H groups in total. The average Bonchev–Trinajstić information content (AvgIpc) is 1.95. The number of hydrogen-bond acceptors (Lipinski definition) is 0. The SMILES string of the molecule is Cc1ccc(I)c(C(F)(F)F)c1Cl. The Morgan fingerprint density at radius 3 is 2.23 bits per heavy atom. The van der Waals surface area contributed by atoms with Crippen LogP contribution in [0.25, 0.3) is 0 Å². The first-order valence-corrected chi connectivity index (χ1v) is 4.81. The molecule has 1 aromatic carbocycles. The number of rotatable bonds is 0. The van der Waals surface area contributed by atoms with Crippen LogP contribution in [0.15, 0.2) is 12.1 Å². The van der Waals surface area contributed by atoms with Gasteiger partial charge in [0.1, 0.15) is 0 Å². The van der Waals surface area contributed by atoms with Crippen LogP contribution in [-0.4, -0.2) is 0 Å². The molecule has 0 aliphatic heterocycles. The smallest absolute Gasteiger partial charge is 0.166 e. The zero-order valence-electron chi connectivity index (χ0n) is 6.54. The van der Waals surface area contributed by atoms with Gasteiger partial charge in [0.05, 0.1) is 10.6 Å². The van der Waals surface area contributed by atoms with E-state index in [0.717, 1.165) is 0 Å². The molecule has 0 saturated heterocycles. The van der Waals surface area contributed by atoms with E-state index in [9.17, 15) is 13.2 Å². The van der Waals surface area contributed by atoms with Gasteiger partial charge in [0.2, 0.25) is 0 Å². The van der Waals surface area contributed by atoms with Crippen molar-refractivity contribution in [3.05, 3.63) is 31.9 Å². The van der Waals surface area contributed by atoms with Crippen LogP contribution >= 0.6 is 34.2 Å². The summed E-state index contributed by atoms with van der Waals surface area (Å²) in [6, 6.07) is 2.98. The van der Waals surface area contributed by atoms with Crippen molar-refractivity contribution >= 4 is 34.2 Å². The summed E-state index contributed by atoms with van der Waals surface area (Å²) in [5.74, 6) is 0. The number of alkyl halides is 3. The van der Waals surface area contributed by atoms with E-state index in [2.05, 4.69) is 0 Å². The summed E-state index contributed by atoms with van der Waals surface area (Å²) in [4.78, 5) is 0. The minimum atomic E-state index is -4.38. The molecular formula is C8H5ClF3I. The van der Waals surface area contributed by atoms with Gasteiger partial charge in [-0.25, -0.2) is 0 Å². The van der Waals surface area contributed by atoms with Crippen LogP contribution < -0.4 is 0 Å². The van der Waals surface area contributed by atoms with Crippen LogP contribution in [0.4, 0.5) is 13.2 Å². The average molecular weight is 320 g/mol. The van der Waals surface area contributed by atoms with Gasteiger partial charge in [-0.2, -0.15) is 13.2 Å². The first-order chi connectivity index (χ1) is 5.84. The van der Waals surface area contributed by atoms with Crippen molar-refractivity contribution in [2.45, 2.75) is 13.1 Å². The molecule has 0 amide bonds. The molecule has 1 rings (SSSR count). The van der Waals surface area contributed by atoms with Gasteiger partial charge >= 0.3 is 6.18 Å². The van der Waals surface area contributed by atoms with Crippen molar-refractivity contribution in [3.63, 3.8) is 0 Å². The van der Waals surface area contributed by atoms with Crippen LogP contribution in [0.1, 0.15) is 11.1 Å². The summed E-state index contributed by atoms with van der Waals surface area (Å²) in [6.07, 6.45) is -4.38. The Labute approximate surface area is 92.2 Å². The normalized spacial score (nSPS) is 11.8. The van der Waals surface area contributed by atoms with Crippen LogP contribution in [0, 0.1) is 10.5 Å². The largest absolute Gasteiger partial charge is 0.418 e. The highest BCUT2D eigenvalue weighted by molar-refractivity contribution is 14.1. The van der Waals surface area contributed by atoms with E-state index in [-0.39, 0.29) is 8.59 Å².